The quantitative estimate of drug-likeness (QED) is 0.576. The van der Waals surface area contributed by atoms with Crippen molar-refractivity contribution in [3.8, 4) is 0 Å². The Hall–Kier alpha value is -3.38. The predicted molar refractivity (Wildman–Crippen MR) is 130 cm³/mol. The molecule has 6 nitrogen and oxygen atoms in total. The van der Waals surface area contributed by atoms with Gasteiger partial charge in [-0.3, -0.25) is 14.5 Å². The number of hydrogen-bond acceptors (Lipinski definition) is 4. The number of carbonyl (C=O) groups is 2. The van der Waals surface area contributed by atoms with Crippen LogP contribution < -0.4 is 0 Å². The maximum absolute atomic E-state index is 13.5. The number of furan rings is 1. The summed E-state index contributed by atoms with van der Waals surface area (Å²) in [6, 6.07) is 24.3. The first-order chi connectivity index (χ1) is 16.7. The van der Waals surface area contributed by atoms with Crippen molar-refractivity contribution in [1.82, 2.24) is 14.7 Å². The number of piperidine rings is 1. The van der Waals surface area contributed by atoms with Crippen LogP contribution in [0.5, 0.6) is 0 Å². The minimum atomic E-state index is -0.406. The van der Waals surface area contributed by atoms with Gasteiger partial charge in [-0.2, -0.15) is 0 Å². The van der Waals surface area contributed by atoms with E-state index in [1.54, 1.807) is 17.0 Å². The molecule has 0 N–H and O–H groups in total. The summed E-state index contributed by atoms with van der Waals surface area (Å²) in [5.74, 6) is 0.184. The van der Waals surface area contributed by atoms with Gasteiger partial charge in [0.1, 0.15) is 6.04 Å². The fourth-order valence-corrected chi connectivity index (χ4v) is 5.27. The molecule has 0 saturated carbocycles. The molecule has 2 saturated heterocycles. The van der Waals surface area contributed by atoms with Crippen molar-refractivity contribution in [2.24, 2.45) is 0 Å². The molecule has 0 spiro atoms. The van der Waals surface area contributed by atoms with Gasteiger partial charge in [0, 0.05) is 32.7 Å². The topological polar surface area (TPSA) is 57.0 Å². The van der Waals surface area contributed by atoms with Gasteiger partial charge in [-0.1, -0.05) is 60.7 Å². The van der Waals surface area contributed by atoms with Crippen LogP contribution in [0, 0.1) is 0 Å². The Morgan fingerprint density at radius 1 is 0.765 bits per heavy atom. The third-order valence-corrected chi connectivity index (χ3v) is 7.00. The Morgan fingerprint density at radius 2 is 1.41 bits per heavy atom. The van der Waals surface area contributed by atoms with Crippen LogP contribution in [-0.4, -0.2) is 65.3 Å². The predicted octanol–water partition coefficient (Wildman–Crippen LogP) is 4.21. The van der Waals surface area contributed by atoms with Crippen molar-refractivity contribution in [1.29, 1.82) is 0 Å². The van der Waals surface area contributed by atoms with Gasteiger partial charge in [-0.05, 0) is 42.5 Å². The second kappa shape index (κ2) is 10.3. The van der Waals surface area contributed by atoms with Crippen molar-refractivity contribution in [2.75, 3.05) is 32.7 Å². The van der Waals surface area contributed by atoms with Gasteiger partial charge in [-0.25, -0.2) is 0 Å². The lowest BCUT2D eigenvalue weighted by molar-refractivity contribution is -0.139. The second-order valence-electron chi connectivity index (χ2n) is 9.07. The summed E-state index contributed by atoms with van der Waals surface area (Å²) in [7, 11) is 0. The third kappa shape index (κ3) is 4.64. The number of hydrogen-bond donors (Lipinski definition) is 0. The van der Waals surface area contributed by atoms with Crippen LogP contribution in [0.2, 0.25) is 0 Å². The molecule has 1 atom stereocenters. The summed E-state index contributed by atoms with van der Waals surface area (Å²) >= 11 is 0. The SMILES string of the molecule is O=C(C1CCCCN1C(=O)c1ccco1)N1CCN(C(c2ccccc2)c2ccccc2)CC1. The highest BCUT2D eigenvalue weighted by molar-refractivity contribution is 5.95. The molecule has 6 heteroatoms. The summed E-state index contributed by atoms with van der Waals surface area (Å²) in [5.41, 5.74) is 2.52. The number of likely N-dealkylation sites (tertiary alicyclic amines) is 1. The van der Waals surface area contributed by atoms with E-state index >= 15 is 0 Å². The van der Waals surface area contributed by atoms with E-state index in [2.05, 4.69) is 53.4 Å². The number of benzene rings is 2. The van der Waals surface area contributed by atoms with Crippen molar-refractivity contribution in [2.45, 2.75) is 31.3 Å². The zero-order chi connectivity index (χ0) is 23.3. The lowest BCUT2D eigenvalue weighted by atomic mass is 9.96. The summed E-state index contributed by atoms with van der Waals surface area (Å²) in [5, 5.41) is 0. The second-order valence-corrected chi connectivity index (χ2v) is 9.07. The fourth-order valence-electron chi connectivity index (χ4n) is 5.27. The van der Waals surface area contributed by atoms with E-state index in [1.165, 1.54) is 17.4 Å². The van der Waals surface area contributed by atoms with E-state index < -0.39 is 6.04 Å². The van der Waals surface area contributed by atoms with E-state index in [9.17, 15) is 9.59 Å². The first kappa shape index (κ1) is 22.4. The number of piperazine rings is 1. The zero-order valence-corrected chi connectivity index (χ0v) is 19.4. The molecule has 0 radical (unpaired) electrons. The maximum Gasteiger partial charge on any atom is 0.290 e. The molecular weight excluding hydrogens is 426 g/mol. The van der Waals surface area contributed by atoms with Crippen LogP contribution in [0.4, 0.5) is 0 Å². The Kier molecular flexibility index (Phi) is 6.77. The summed E-state index contributed by atoms with van der Waals surface area (Å²) in [4.78, 5) is 32.6. The molecule has 3 aromatic rings. The highest BCUT2D eigenvalue weighted by Gasteiger charge is 2.37. The minimum absolute atomic E-state index is 0.0650. The molecule has 2 amide bonds. The number of rotatable bonds is 5. The standard InChI is InChI=1S/C28H31N3O3/c32-27(24-14-7-8-16-31(24)28(33)25-15-9-21-34-25)30-19-17-29(18-20-30)26(22-10-3-1-4-11-22)23-12-5-2-6-13-23/h1-6,9-13,15,21,24,26H,7-8,14,16-20H2. The lowest BCUT2D eigenvalue weighted by Crippen LogP contribution is -2.57. The van der Waals surface area contributed by atoms with Gasteiger partial charge in [-0.15, -0.1) is 0 Å². The Bertz CT molecular complexity index is 1040. The van der Waals surface area contributed by atoms with Gasteiger partial charge in [0.2, 0.25) is 5.91 Å². The Morgan fingerprint density at radius 3 is 2.00 bits per heavy atom. The van der Waals surface area contributed by atoms with Crippen LogP contribution in [0.15, 0.2) is 83.5 Å². The monoisotopic (exact) mass is 457 g/mol. The minimum Gasteiger partial charge on any atom is -0.459 e. The molecule has 2 aliphatic rings. The Labute approximate surface area is 200 Å². The molecule has 0 aliphatic carbocycles. The molecule has 34 heavy (non-hydrogen) atoms. The van der Waals surface area contributed by atoms with Crippen LogP contribution in [0.25, 0.3) is 0 Å². The maximum atomic E-state index is 13.5. The molecule has 2 fully saturated rings. The van der Waals surface area contributed by atoms with Crippen LogP contribution in [0.3, 0.4) is 0 Å². The first-order valence-electron chi connectivity index (χ1n) is 12.2. The van der Waals surface area contributed by atoms with E-state index in [0.29, 0.717) is 31.8 Å². The number of amides is 2. The van der Waals surface area contributed by atoms with Gasteiger partial charge >= 0.3 is 0 Å². The average Bonchev–Trinajstić information content (AvgIpc) is 3.45. The highest BCUT2D eigenvalue weighted by Crippen LogP contribution is 2.30. The summed E-state index contributed by atoms with van der Waals surface area (Å²) in [6.45, 7) is 3.50. The largest absolute Gasteiger partial charge is 0.459 e. The first-order valence-corrected chi connectivity index (χ1v) is 12.2. The summed E-state index contributed by atoms with van der Waals surface area (Å²) in [6.07, 6.45) is 4.09. The van der Waals surface area contributed by atoms with Crippen molar-refractivity contribution < 1.29 is 14.0 Å². The van der Waals surface area contributed by atoms with Crippen LogP contribution in [0.1, 0.15) is 47.0 Å². The fraction of sp³-hybridized carbons (Fsp3) is 0.357. The van der Waals surface area contributed by atoms with E-state index in [-0.39, 0.29) is 17.9 Å². The van der Waals surface area contributed by atoms with E-state index in [4.69, 9.17) is 4.42 Å². The van der Waals surface area contributed by atoms with E-state index in [1.807, 2.05) is 17.0 Å². The van der Waals surface area contributed by atoms with Crippen LogP contribution in [-0.2, 0) is 4.79 Å². The number of nitrogens with zero attached hydrogens (tertiary/aromatic N) is 3. The van der Waals surface area contributed by atoms with Crippen molar-refractivity contribution in [3.05, 3.63) is 95.9 Å². The zero-order valence-electron chi connectivity index (χ0n) is 19.4. The van der Waals surface area contributed by atoms with Crippen molar-refractivity contribution in [3.63, 3.8) is 0 Å². The molecule has 1 unspecified atom stereocenters. The van der Waals surface area contributed by atoms with Gasteiger partial charge in [0.05, 0.1) is 12.3 Å². The molecule has 0 bridgehead atoms. The van der Waals surface area contributed by atoms with Gasteiger partial charge in [0.25, 0.3) is 5.91 Å². The molecule has 1 aromatic heterocycles. The van der Waals surface area contributed by atoms with Gasteiger partial charge in [0.15, 0.2) is 5.76 Å². The molecule has 2 aromatic carbocycles. The van der Waals surface area contributed by atoms with E-state index in [0.717, 1.165) is 25.9 Å². The average molecular weight is 458 g/mol. The molecule has 2 aliphatic heterocycles. The Balaban J connectivity index is 1.29. The summed E-state index contributed by atoms with van der Waals surface area (Å²) < 4.78 is 5.32. The molecule has 3 heterocycles. The smallest absolute Gasteiger partial charge is 0.290 e. The van der Waals surface area contributed by atoms with Crippen LogP contribution >= 0.6 is 0 Å². The number of carbonyl (C=O) groups excluding carboxylic acids is 2. The van der Waals surface area contributed by atoms with Gasteiger partial charge < -0.3 is 14.2 Å². The van der Waals surface area contributed by atoms with Crippen molar-refractivity contribution >= 4 is 11.8 Å². The molecule has 176 valence electrons. The molecule has 5 rings (SSSR count). The highest BCUT2D eigenvalue weighted by atomic mass is 16.3. The third-order valence-electron chi connectivity index (χ3n) is 7.00. The molecular formula is C28H31N3O3. The normalized spacial score (nSPS) is 19.4. The lowest BCUT2D eigenvalue weighted by Gasteiger charge is -2.42.